The molecule has 0 saturated heterocycles. The normalized spacial score (nSPS) is 12.6. The molecule has 0 unspecified atom stereocenters. The van der Waals surface area contributed by atoms with Gasteiger partial charge in [-0.1, -0.05) is 17.7 Å². The van der Waals surface area contributed by atoms with Gasteiger partial charge in [0.2, 0.25) is 5.91 Å². The van der Waals surface area contributed by atoms with E-state index in [1.807, 2.05) is 6.07 Å². The third-order valence-corrected chi connectivity index (χ3v) is 4.94. The van der Waals surface area contributed by atoms with E-state index in [0.717, 1.165) is 12.1 Å². The first kappa shape index (κ1) is 20.5. The van der Waals surface area contributed by atoms with Gasteiger partial charge >= 0.3 is 0 Å². The van der Waals surface area contributed by atoms with Gasteiger partial charge in [0.15, 0.2) is 0 Å². The Morgan fingerprint density at radius 2 is 2.03 bits per heavy atom. The van der Waals surface area contributed by atoms with Crippen LogP contribution >= 0.6 is 11.6 Å². The van der Waals surface area contributed by atoms with Gasteiger partial charge in [-0.15, -0.1) is 0 Å². The van der Waals surface area contributed by atoms with Gasteiger partial charge in [0.1, 0.15) is 18.1 Å². The number of carbonyl (C=O) groups excluding carboxylic acids is 3. The van der Waals surface area contributed by atoms with Crippen molar-refractivity contribution in [2.24, 2.45) is 0 Å². The summed E-state index contributed by atoms with van der Waals surface area (Å²) in [5, 5.41) is 8.21. The van der Waals surface area contributed by atoms with Crippen LogP contribution in [-0.4, -0.2) is 27.3 Å². The molecule has 158 valence electrons. The van der Waals surface area contributed by atoms with Crippen LogP contribution in [0.5, 0.6) is 0 Å². The van der Waals surface area contributed by atoms with E-state index in [9.17, 15) is 18.8 Å². The molecule has 1 aliphatic heterocycles. The molecule has 0 bridgehead atoms. The number of rotatable bonds is 5. The third-order valence-electron chi connectivity index (χ3n) is 4.73. The molecule has 1 aliphatic rings. The molecule has 0 atom stereocenters. The van der Waals surface area contributed by atoms with E-state index in [4.69, 9.17) is 11.6 Å². The number of carbonyl (C=O) groups is 3. The molecule has 0 fully saturated rings. The van der Waals surface area contributed by atoms with Gasteiger partial charge in [-0.25, -0.2) is 4.39 Å². The van der Waals surface area contributed by atoms with Gasteiger partial charge in [-0.3, -0.25) is 19.4 Å². The van der Waals surface area contributed by atoms with E-state index in [0.29, 0.717) is 17.1 Å². The molecule has 2 aromatic heterocycles. The lowest BCUT2D eigenvalue weighted by Gasteiger charge is -2.19. The first-order chi connectivity index (χ1) is 14.9. The number of halogens is 2. The van der Waals surface area contributed by atoms with Gasteiger partial charge < -0.3 is 20.5 Å². The van der Waals surface area contributed by atoms with Crippen LogP contribution in [0.2, 0.25) is 5.02 Å². The molecule has 8 nitrogen and oxygen atoms in total. The highest BCUT2D eigenvalue weighted by Gasteiger charge is 2.26. The lowest BCUT2D eigenvalue weighted by Crippen LogP contribution is -2.36. The van der Waals surface area contributed by atoms with Crippen LogP contribution in [0.25, 0.3) is 0 Å². The van der Waals surface area contributed by atoms with Gasteiger partial charge in [0, 0.05) is 16.8 Å². The number of nitrogens with zero attached hydrogens (tertiary/aromatic N) is 2. The largest absolute Gasteiger partial charge is 0.349 e. The van der Waals surface area contributed by atoms with Crippen LogP contribution in [0.3, 0.4) is 0 Å². The zero-order valence-corrected chi connectivity index (χ0v) is 16.9. The molecule has 0 spiro atoms. The predicted molar refractivity (Wildman–Crippen MR) is 111 cm³/mol. The van der Waals surface area contributed by atoms with E-state index in [2.05, 4.69) is 20.9 Å². The molecule has 3 aromatic rings. The highest BCUT2D eigenvalue weighted by atomic mass is 35.5. The molecule has 0 aliphatic carbocycles. The van der Waals surface area contributed by atoms with Crippen molar-refractivity contribution in [3.63, 3.8) is 0 Å². The summed E-state index contributed by atoms with van der Waals surface area (Å²) in [7, 11) is 0. The topological polar surface area (TPSA) is 105 Å². The van der Waals surface area contributed by atoms with E-state index in [-0.39, 0.29) is 41.8 Å². The van der Waals surface area contributed by atoms with Crippen molar-refractivity contribution in [1.82, 2.24) is 20.2 Å². The SMILES string of the molecule is O=C1Cn2c(C(=O)NCc3ccccn3)cc(NC(=O)c3cc(F)cc(Cl)c3)c2CN1. The molecule has 31 heavy (non-hydrogen) atoms. The predicted octanol–water partition coefficient (Wildman–Crippen LogP) is 2.49. The standard InChI is InChI=1S/C21H17ClFN5O3/c22-13-5-12(6-14(23)7-13)20(30)27-16-8-17(28-11-19(29)25-10-18(16)28)21(31)26-9-15-3-1-2-4-24-15/h1-8H,9-11H2,(H,25,29)(H,26,31)(H,27,30). The van der Waals surface area contributed by atoms with E-state index in [1.54, 1.807) is 22.9 Å². The number of anilines is 1. The number of amides is 3. The summed E-state index contributed by atoms with van der Waals surface area (Å²) in [4.78, 5) is 41.4. The molecular formula is C21H17ClFN5O3. The van der Waals surface area contributed by atoms with Crippen LogP contribution in [0.1, 0.15) is 32.2 Å². The van der Waals surface area contributed by atoms with Crippen LogP contribution in [0.15, 0.2) is 48.7 Å². The lowest BCUT2D eigenvalue weighted by molar-refractivity contribution is -0.122. The third kappa shape index (κ3) is 4.56. The number of hydrogen-bond acceptors (Lipinski definition) is 4. The maximum absolute atomic E-state index is 13.6. The van der Waals surface area contributed by atoms with Crippen molar-refractivity contribution in [1.29, 1.82) is 0 Å². The first-order valence-corrected chi connectivity index (χ1v) is 9.73. The summed E-state index contributed by atoms with van der Waals surface area (Å²) >= 11 is 5.83. The molecule has 0 radical (unpaired) electrons. The summed E-state index contributed by atoms with van der Waals surface area (Å²) in [6.45, 7) is 0.269. The second-order valence-corrected chi connectivity index (χ2v) is 7.31. The second-order valence-electron chi connectivity index (χ2n) is 6.87. The zero-order valence-electron chi connectivity index (χ0n) is 16.1. The maximum Gasteiger partial charge on any atom is 0.268 e. The fourth-order valence-electron chi connectivity index (χ4n) is 3.28. The Morgan fingerprint density at radius 1 is 1.19 bits per heavy atom. The number of hydrogen-bond donors (Lipinski definition) is 3. The average molecular weight is 442 g/mol. The van der Waals surface area contributed by atoms with Crippen LogP contribution in [-0.2, 0) is 24.4 Å². The summed E-state index contributed by atoms with van der Waals surface area (Å²) in [5.41, 5.74) is 1.82. The van der Waals surface area contributed by atoms with Crippen molar-refractivity contribution in [2.75, 3.05) is 5.32 Å². The Bertz CT molecular complexity index is 1160. The molecule has 3 heterocycles. The monoisotopic (exact) mass is 441 g/mol. The summed E-state index contributed by atoms with van der Waals surface area (Å²) in [5.74, 6) is -1.90. The molecule has 10 heteroatoms. The van der Waals surface area contributed by atoms with Crippen LogP contribution < -0.4 is 16.0 Å². The molecule has 3 N–H and O–H groups in total. The lowest BCUT2D eigenvalue weighted by atomic mass is 10.2. The number of benzene rings is 1. The molecular weight excluding hydrogens is 425 g/mol. The van der Waals surface area contributed by atoms with Crippen molar-refractivity contribution in [3.05, 3.63) is 82.1 Å². The fourth-order valence-corrected chi connectivity index (χ4v) is 3.50. The maximum atomic E-state index is 13.6. The van der Waals surface area contributed by atoms with Crippen molar-refractivity contribution < 1.29 is 18.8 Å². The fraction of sp³-hybridized carbons (Fsp3) is 0.143. The minimum absolute atomic E-state index is 0.0333. The number of aromatic nitrogens is 2. The highest BCUT2D eigenvalue weighted by molar-refractivity contribution is 6.31. The second kappa shape index (κ2) is 8.57. The molecule has 3 amide bonds. The Hall–Kier alpha value is -3.72. The van der Waals surface area contributed by atoms with Crippen molar-refractivity contribution in [2.45, 2.75) is 19.6 Å². The van der Waals surface area contributed by atoms with E-state index < -0.39 is 17.6 Å². The Morgan fingerprint density at radius 3 is 2.77 bits per heavy atom. The summed E-state index contributed by atoms with van der Waals surface area (Å²) in [6.07, 6.45) is 1.62. The quantitative estimate of drug-likeness (QED) is 0.565. The van der Waals surface area contributed by atoms with Gasteiger partial charge in [0.25, 0.3) is 11.8 Å². The van der Waals surface area contributed by atoms with Gasteiger partial charge in [-0.2, -0.15) is 0 Å². The Balaban J connectivity index is 1.59. The highest BCUT2D eigenvalue weighted by Crippen LogP contribution is 2.25. The first-order valence-electron chi connectivity index (χ1n) is 9.35. The van der Waals surface area contributed by atoms with Gasteiger partial charge in [-0.05, 0) is 36.4 Å². The molecule has 4 rings (SSSR count). The Kier molecular flexibility index (Phi) is 5.68. The summed E-state index contributed by atoms with van der Waals surface area (Å²) < 4.78 is 15.1. The van der Waals surface area contributed by atoms with Crippen LogP contribution in [0.4, 0.5) is 10.1 Å². The van der Waals surface area contributed by atoms with Crippen LogP contribution in [0, 0.1) is 5.82 Å². The zero-order chi connectivity index (χ0) is 22.0. The van der Waals surface area contributed by atoms with Crippen molar-refractivity contribution in [3.8, 4) is 0 Å². The smallest absolute Gasteiger partial charge is 0.268 e. The summed E-state index contributed by atoms with van der Waals surface area (Å²) in [6, 6.07) is 10.3. The Labute approximate surface area is 181 Å². The number of pyridine rings is 1. The van der Waals surface area contributed by atoms with E-state index in [1.165, 1.54) is 12.1 Å². The molecule has 1 aromatic carbocycles. The minimum atomic E-state index is -0.640. The van der Waals surface area contributed by atoms with Crippen molar-refractivity contribution >= 4 is 35.0 Å². The minimum Gasteiger partial charge on any atom is -0.349 e. The molecule has 0 saturated carbocycles. The van der Waals surface area contributed by atoms with E-state index >= 15 is 0 Å². The average Bonchev–Trinajstić information content (AvgIpc) is 3.09. The number of nitrogens with one attached hydrogen (secondary N) is 3. The van der Waals surface area contributed by atoms with Gasteiger partial charge in [0.05, 0.1) is 30.2 Å². The number of fused-ring (bicyclic) bond motifs is 1.